The molecular weight excluding hydrogens is 260 g/mol. The van der Waals surface area contributed by atoms with Gasteiger partial charge in [0.15, 0.2) is 5.96 Å². The van der Waals surface area contributed by atoms with E-state index in [1.54, 1.807) is 0 Å². The average Bonchev–Trinajstić information content (AvgIpc) is 2.65. The Bertz CT molecular complexity index is 668. The molecule has 0 bridgehead atoms. The van der Waals surface area contributed by atoms with Gasteiger partial charge in [-0.25, -0.2) is 4.99 Å². The van der Waals surface area contributed by atoms with Crippen LogP contribution < -0.4 is 0 Å². The van der Waals surface area contributed by atoms with Crippen molar-refractivity contribution in [3.05, 3.63) is 34.5 Å². The van der Waals surface area contributed by atoms with Crippen molar-refractivity contribution in [1.29, 1.82) is 0 Å². The number of aromatic amines is 1. The molecule has 0 fully saturated rings. The number of H-pyrrole nitrogens is 1. The first kappa shape index (κ1) is 15.4. The van der Waals surface area contributed by atoms with E-state index in [4.69, 9.17) is 4.99 Å². The number of aryl methyl sites for hydroxylation is 3. The zero-order chi connectivity index (χ0) is 15.7. The van der Waals surface area contributed by atoms with Crippen LogP contribution in [0.1, 0.15) is 22.4 Å². The maximum absolute atomic E-state index is 4.77. The molecule has 1 N–H and O–H groups in total. The molecule has 1 heterocycles. The molecule has 0 spiro atoms. The van der Waals surface area contributed by atoms with Gasteiger partial charge in [-0.2, -0.15) is 0 Å². The fourth-order valence-electron chi connectivity index (χ4n) is 2.75. The van der Waals surface area contributed by atoms with Gasteiger partial charge in [-0.05, 0) is 38.0 Å². The van der Waals surface area contributed by atoms with Crippen LogP contribution in [-0.4, -0.2) is 48.9 Å². The van der Waals surface area contributed by atoms with Crippen molar-refractivity contribution in [3.8, 4) is 0 Å². The third kappa shape index (κ3) is 3.04. The first-order chi connectivity index (χ1) is 9.81. The van der Waals surface area contributed by atoms with Gasteiger partial charge in [0.2, 0.25) is 0 Å². The molecule has 0 aliphatic rings. The van der Waals surface area contributed by atoms with E-state index in [1.165, 1.54) is 33.3 Å². The van der Waals surface area contributed by atoms with Crippen molar-refractivity contribution in [3.63, 3.8) is 0 Å². The fraction of sp³-hybridized carbons (Fsp3) is 0.471. The minimum Gasteiger partial charge on any atom is -0.358 e. The first-order valence-electron chi connectivity index (χ1n) is 7.28. The van der Waals surface area contributed by atoms with E-state index in [9.17, 15) is 0 Å². The van der Waals surface area contributed by atoms with Crippen LogP contribution >= 0.6 is 0 Å². The summed E-state index contributed by atoms with van der Waals surface area (Å²) in [6.45, 7) is 7.13. The van der Waals surface area contributed by atoms with Gasteiger partial charge in [0.1, 0.15) is 0 Å². The van der Waals surface area contributed by atoms with Crippen molar-refractivity contribution in [2.45, 2.75) is 27.3 Å². The zero-order valence-electron chi connectivity index (χ0n) is 14.2. The second-order valence-corrected chi connectivity index (χ2v) is 6.13. The van der Waals surface area contributed by atoms with Gasteiger partial charge < -0.3 is 14.8 Å². The van der Waals surface area contributed by atoms with Crippen LogP contribution in [0.25, 0.3) is 10.9 Å². The Labute approximate surface area is 127 Å². The summed E-state index contributed by atoms with van der Waals surface area (Å²) in [5.41, 5.74) is 6.32. The van der Waals surface area contributed by atoms with Crippen molar-refractivity contribution in [2.24, 2.45) is 4.99 Å². The van der Waals surface area contributed by atoms with Crippen molar-refractivity contribution < 1.29 is 0 Å². The number of rotatable bonds is 2. The molecular formula is C17H26N4. The average molecular weight is 286 g/mol. The Morgan fingerprint density at radius 2 is 1.67 bits per heavy atom. The summed E-state index contributed by atoms with van der Waals surface area (Å²) in [4.78, 5) is 12.4. The van der Waals surface area contributed by atoms with E-state index in [0.29, 0.717) is 6.54 Å². The van der Waals surface area contributed by atoms with Crippen LogP contribution in [0.2, 0.25) is 0 Å². The maximum atomic E-state index is 4.77. The number of fused-ring (bicyclic) bond motifs is 1. The van der Waals surface area contributed by atoms with E-state index in [0.717, 1.165) is 5.96 Å². The molecule has 1 aromatic heterocycles. The van der Waals surface area contributed by atoms with E-state index in [1.807, 2.05) is 38.0 Å². The predicted octanol–water partition coefficient (Wildman–Crippen LogP) is 3.07. The summed E-state index contributed by atoms with van der Waals surface area (Å²) in [7, 11) is 8.09. The second kappa shape index (κ2) is 5.80. The Hall–Kier alpha value is -1.97. The van der Waals surface area contributed by atoms with Gasteiger partial charge in [-0.1, -0.05) is 11.6 Å². The van der Waals surface area contributed by atoms with Crippen LogP contribution in [0.4, 0.5) is 0 Å². The molecule has 4 heteroatoms. The van der Waals surface area contributed by atoms with Crippen LogP contribution in [0, 0.1) is 20.8 Å². The topological polar surface area (TPSA) is 34.6 Å². The van der Waals surface area contributed by atoms with Gasteiger partial charge >= 0.3 is 0 Å². The third-order valence-electron chi connectivity index (χ3n) is 3.83. The van der Waals surface area contributed by atoms with Crippen molar-refractivity contribution in [1.82, 2.24) is 14.8 Å². The second-order valence-electron chi connectivity index (χ2n) is 6.13. The summed E-state index contributed by atoms with van der Waals surface area (Å²) >= 11 is 0. The SMILES string of the molecule is Cc1cc(CN=C(N(C)C)N(C)C)c2[nH]c(C)c(C)c2c1. The molecule has 1 aromatic carbocycles. The maximum Gasteiger partial charge on any atom is 0.195 e. The minimum absolute atomic E-state index is 0.684. The number of hydrogen-bond donors (Lipinski definition) is 1. The Balaban J connectivity index is 2.47. The molecule has 4 nitrogen and oxygen atoms in total. The molecule has 0 saturated carbocycles. The molecule has 114 valence electrons. The fourth-order valence-corrected chi connectivity index (χ4v) is 2.75. The highest BCUT2D eigenvalue weighted by molar-refractivity contribution is 5.88. The van der Waals surface area contributed by atoms with E-state index in [-0.39, 0.29) is 0 Å². The van der Waals surface area contributed by atoms with Crippen molar-refractivity contribution >= 4 is 16.9 Å². The molecule has 2 rings (SSSR count). The summed E-state index contributed by atoms with van der Waals surface area (Å²) in [5, 5.41) is 1.31. The molecule has 0 radical (unpaired) electrons. The number of aliphatic imine (C=N–C) groups is 1. The standard InChI is InChI=1S/C17H26N4/c1-11-8-14(10-18-17(20(4)5)21(6)7)16-15(9-11)12(2)13(3)19-16/h8-9,19H,10H2,1-7H3. The van der Waals surface area contributed by atoms with E-state index in [2.05, 4.69) is 37.9 Å². The van der Waals surface area contributed by atoms with Crippen molar-refractivity contribution in [2.75, 3.05) is 28.2 Å². The third-order valence-corrected chi connectivity index (χ3v) is 3.83. The molecule has 0 saturated heterocycles. The Morgan fingerprint density at radius 1 is 1.05 bits per heavy atom. The lowest BCUT2D eigenvalue weighted by atomic mass is 10.0. The van der Waals surface area contributed by atoms with E-state index < -0.39 is 0 Å². The first-order valence-corrected chi connectivity index (χ1v) is 7.28. The highest BCUT2D eigenvalue weighted by Crippen LogP contribution is 2.26. The number of hydrogen-bond acceptors (Lipinski definition) is 1. The van der Waals surface area contributed by atoms with Gasteiger partial charge in [0, 0.05) is 39.3 Å². The molecule has 0 aliphatic carbocycles. The summed E-state index contributed by atoms with van der Waals surface area (Å²) in [6, 6.07) is 4.48. The number of benzene rings is 1. The van der Waals surface area contributed by atoms with Gasteiger partial charge in [0.25, 0.3) is 0 Å². The normalized spacial score (nSPS) is 10.8. The zero-order valence-corrected chi connectivity index (χ0v) is 14.2. The summed E-state index contributed by atoms with van der Waals surface area (Å²) in [6.07, 6.45) is 0. The Kier molecular flexibility index (Phi) is 4.26. The van der Waals surface area contributed by atoms with Gasteiger partial charge in [-0.15, -0.1) is 0 Å². The quantitative estimate of drug-likeness (QED) is 0.680. The largest absolute Gasteiger partial charge is 0.358 e. The van der Waals surface area contributed by atoms with Crippen LogP contribution in [0.3, 0.4) is 0 Å². The molecule has 21 heavy (non-hydrogen) atoms. The van der Waals surface area contributed by atoms with Crippen LogP contribution in [-0.2, 0) is 6.54 Å². The number of guanidine groups is 1. The molecule has 2 aromatic rings. The lowest BCUT2D eigenvalue weighted by Gasteiger charge is -2.22. The van der Waals surface area contributed by atoms with Crippen LogP contribution in [0.5, 0.6) is 0 Å². The van der Waals surface area contributed by atoms with Crippen LogP contribution in [0.15, 0.2) is 17.1 Å². The monoisotopic (exact) mass is 286 g/mol. The number of nitrogens with one attached hydrogen (secondary N) is 1. The molecule has 0 amide bonds. The minimum atomic E-state index is 0.684. The Morgan fingerprint density at radius 3 is 2.24 bits per heavy atom. The summed E-state index contributed by atoms with van der Waals surface area (Å²) in [5.74, 6) is 0.977. The molecule has 0 aliphatic heterocycles. The highest BCUT2D eigenvalue weighted by Gasteiger charge is 2.10. The van der Waals surface area contributed by atoms with Gasteiger partial charge in [0.05, 0.1) is 12.1 Å². The lowest BCUT2D eigenvalue weighted by molar-refractivity contribution is 0.479. The lowest BCUT2D eigenvalue weighted by Crippen LogP contribution is -2.35. The number of nitrogens with zero attached hydrogens (tertiary/aromatic N) is 3. The molecule has 0 atom stereocenters. The smallest absolute Gasteiger partial charge is 0.195 e. The molecule has 0 unspecified atom stereocenters. The van der Waals surface area contributed by atoms with Gasteiger partial charge in [-0.3, -0.25) is 0 Å². The predicted molar refractivity (Wildman–Crippen MR) is 91.0 cm³/mol. The summed E-state index contributed by atoms with van der Waals surface area (Å²) < 4.78 is 0. The highest BCUT2D eigenvalue weighted by atomic mass is 15.3. The van der Waals surface area contributed by atoms with E-state index >= 15 is 0 Å². The number of aromatic nitrogens is 1.